The Balaban J connectivity index is 1.97. The van der Waals surface area contributed by atoms with Gasteiger partial charge in [0.15, 0.2) is 0 Å². The summed E-state index contributed by atoms with van der Waals surface area (Å²) in [6.45, 7) is 0. The second-order valence-corrected chi connectivity index (χ2v) is 4.81. The maximum atomic E-state index is 11.0. The summed E-state index contributed by atoms with van der Waals surface area (Å²) in [6.07, 6.45) is 5.25. The first-order valence-corrected chi connectivity index (χ1v) is 5.58. The summed E-state index contributed by atoms with van der Waals surface area (Å²) in [4.78, 5) is 22.1. The lowest BCUT2D eigenvalue weighted by molar-refractivity contribution is -0.144. The Hall–Kier alpha value is -2.28. The van der Waals surface area contributed by atoms with E-state index in [2.05, 4.69) is 5.92 Å². The molecular weight excluding hydrogens is 232 g/mol. The van der Waals surface area contributed by atoms with Crippen molar-refractivity contribution in [2.24, 2.45) is 17.8 Å². The van der Waals surface area contributed by atoms with Crippen LogP contribution in [0.3, 0.4) is 0 Å². The second kappa shape index (κ2) is 3.14. The number of carbonyl (C=O) groups is 2. The zero-order chi connectivity index (χ0) is 13.1. The van der Waals surface area contributed by atoms with Gasteiger partial charge in [0.05, 0.1) is 11.8 Å². The first-order chi connectivity index (χ1) is 8.55. The van der Waals surface area contributed by atoms with E-state index in [4.69, 9.17) is 16.6 Å². The standard InChI is InChI=1S/C14H10O4/c1-2-7-3-5-8(6-4-7)14-9(10(14)12(15)16)11(14)13(17)18/h1,3-6,9-11H,(H,15,16)(H,17,18)/t9?,10-,11-,14?/m0/s1. The van der Waals surface area contributed by atoms with Gasteiger partial charge in [-0.15, -0.1) is 6.42 Å². The highest BCUT2D eigenvalue weighted by Crippen LogP contribution is 2.83. The molecule has 0 bridgehead atoms. The van der Waals surface area contributed by atoms with Crippen LogP contribution in [-0.4, -0.2) is 22.2 Å². The summed E-state index contributed by atoms with van der Waals surface area (Å²) < 4.78 is 0. The largest absolute Gasteiger partial charge is 0.481 e. The van der Waals surface area contributed by atoms with Crippen LogP contribution in [0.5, 0.6) is 0 Å². The Morgan fingerprint density at radius 2 is 1.61 bits per heavy atom. The lowest BCUT2D eigenvalue weighted by Gasteiger charge is -2.13. The number of rotatable bonds is 3. The number of terminal acetylenes is 1. The van der Waals surface area contributed by atoms with Gasteiger partial charge in [-0.2, -0.15) is 0 Å². The fraction of sp³-hybridized carbons (Fsp3) is 0.286. The number of aliphatic carboxylic acids is 2. The first kappa shape index (κ1) is 10.8. The van der Waals surface area contributed by atoms with E-state index < -0.39 is 29.2 Å². The Morgan fingerprint density at radius 3 is 2.00 bits per heavy atom. The molecule has 2 N–H and O–H groups in total. The quantitative estimate of drug-likeness (QED) is 0.774. The van der Waals surface area contributed by atoms with Crippen molar-refractivity contribution in [2.75, 3.05) is 0 Å². The molecule has 1 aromatic carbocycles. The number of hydrogen-bond acceptors (Lipinski definition) is 2. The zero-order valence-electron chi connectivity index (χ0n) is 9.33. The van der Waals surface area contributed by atoms with Gasteiger partial charge in [-0.25, -0.2) is 0 Å². The van der Waals surface area contributed by atoms with E-state index in [0.29, 0.717) is 5.56 Å². The molecule has 0 aromatic heterocycles. The molecule has 0 heterocycles. The van der Waals surface area contributed by atoms with Gasteiger partial charge in [0.2, 0.25) is 0 Å². The maximum absolute atomic E-state index is 11.0. The van der Waals surface area contributed by atoms with Crippen LogP contribution < -0.4 is 0 Å². The lowest BCUT2D eigenvalue weighted by atomic mass is 9.89. The van der Waals surface area contributed by atoms with E-state index in [9.17, 15) is 9.59 Å². The Kier molecular flexibility index (Phi) is 1.89. The third kappa shape index (κ3) is 1.06. The van der Waals surface area contributed by atoms with Crippen LogP contribution in [-0.2, 0) is 15.0 Å². The van der Waals surface area contributed by atoms with E-state index in [1.807, 2.05) is 0 Å². The van der Waals surface area contributed by atoms with Gasteiger partial charge in [0.1, 0.15) is 0 Å². The summed E-state index contributed by atoms with van der Waals surface area (Å²) in [5.41, 5.74) is 0.781. The first-order valence-electron chi connectivity index (χ1n) is 5.58. The molecule has 2 saturated carbocycles. The molecule has 0 amide bonds. The molecule has 90 valence electrons. The monoisotopic (exact) mass is 242 g/mol. The Labute approximate surface area is 103 Å². The Morgan fingerprint density at radius 1 is 1.11 bits per heavy atom. The SMILES string of the molecule is C#Cc1ccc(C23C([C@H]2C(=O)O)[C@H]3C(=O)O)cc1. The van der Waals surface area contributed by atoms with E-state index in [1.54, 1.807) is 24.3 Å². The predicted octanol–water partition coefficient (Wildman–Crippen LogP) is 0.951. The third-order valence-electron chi connectivity index (χ3n) is 4.16. The molecule has 0 saturated heterocycles. The van der Waals surface area contributed by atoms with Crippen molar-refractivity contribution in [3.05, 3.63) is 35.4 Å². The van der Waals surface area contributed by atoms with Crippen LogP contribution in [0, 0.1) is 30.1 Å². The van der Waals surface area contributed by atoms with Crippen LogP contribution in [0.15, 0.2) is 24.3 Å². The van der Waals surface area contributed by atoms with Crippen LogP contribution in [0.2, 0.25) is 0 Å². The smallest absolute Gasteiger partial charge is 0.307 e. The summed E-state index contributed by atoms with van der Waals surface area (Å²) in [6, 6.07) is 6.92. The predicted molar refractivity (Wildman–Crippen MR) is 61.8 cm³/mol. The average Bonchev–Trinajstić information content (AvgIpc) is 3.15. The van der Waals surface area contributed by atoms with E-state index in [0.717, 1.165) is 5.56 Å². The molecule has 2 fully saturated rings. The topological polar surface area (TPSA) is 74.6 Å². The van der Waals surface area contributed by atoms with Gasteiger partial charge in [-0.05, 0) is 23.6 Å². The maximum Gasteiger partial charge on any atom is 0.307 e. The number of carboxylic acids is 2. The van der Waals surface area contributed by atoms with Gasteiger partial charge < -0.3 is 10.2 Å². The van der Waals surface area contributed by atoms with Gasteiger partial charge in [-0.3, -0.25) is 9.59 Å². The normalized spacial score (nSPS) is 35.2. The number of hydrogen-bond donors (Lipinski definition) is 2. The third-order valence-corrected chi connectivity index (χ3v) is 4.16. The molecule has 0 aliphatic heterocycles. The average molecular weight is 242 g/mol. The highest BCUT2D eigenvalue weighted by atomic mass is 16.4. The van der Waals surface area contributed by atoms with Crippen LogP contribution in [0.1, 0.15) is 11.1 Å². The van der Waals surface area contributed by atoms with Gasteiger partial charge >= 0.3 is 11.9 Å². The minimum atomic E-state index is -0.918. The molecule has 4 heteroatoms. The van der Waals surface area contributed by atoms with Crippen LogP contribution in [0.25, 0.3) is 0 Å². The molecule has 3 rings (SSSR count). The molecule has 0 unspecified atom stereocenters. The van der Waals surface area contributed by atoms with Crippen LogP contribution in [0.4, 0.5) is 0 Å². The highest BCUT2D eigenvalue weighted by Gasteiger charge is 2.92. The van der Waals surface area contributed by atoms with E-state index >= 15 is 0 Å². The molecule has 4 nitrogen and oxygen atoms in total. The van der Waals surface area contributed by atoms with E-state index in [-0.39, 0.29) is 5.92 Å². The van der Waals surface area contributed by atoms with Crippen molar-refractivity contribution >= 4 is 11.9 Å². The molecule has 0 spiro atoms. The molecule has 2 aliphatic rings. The fourth-order valence-electron chi connectivity index (χ4n) is 3.26. The summed E-state index contributed by atoms with van der Waals surface area (Å²) in [5, 5.41) is 18.1. The molecular formula is C14H10O4. The molecule has 1 aromatic rings. The van der Waals surface area contributed by atoms with Crippen molar-refractivity contribution in [2.45, 2.75) is 5.41 Å². The lowest BCUT2D eigenvalue weighted by Crippen LogP contribution is -2.25. The van der Waals surface area contributed by atoms with Crippen molar-refractivity contribution in [1.82, 2.24) is 0 Å². The molecule has 2 atom stereocenters. The highest BCUT2D eigenvalue weighted by molar-refractivity contribution is 5.92. The summed E-state index contributed by atoms with van der Waals surface area (Å²) in [5.74, 6) is -0.741. The Bertz CT molecular complexity index is 571. The minimum Gasteiger partial charge on any atom is -0.481 e. The zero-order valence-corrected chi connectivity index (χ0v) is 9.33. The summed E-state index contributed by atoms with van der Waals surface area (Å²) in [7, 11) is 0. The number of benzene rings is 1. The summed E-state index contributed by atoms with van der Waals surface area (Å²) >= 11 is 0. The van der Waals surface area contributed by atoms with Crippen molar-refractivity contribution in [3.8, 4) is 12.3 Å². The fourth-order valence-corrected chi connectivity index (χ4v) is 3.26. The molecule has 0 radical (unpaired) electrons. The van der Waals surface area contributed by atoms with Gasteiger partial charge in [-0.1, -0.05) is 18.1 Å². The number of carboxylic acid groups (broad SMARTS) is 2. The van der Waals surface area contributed by atoms with Crippen LogP contribution >= 0.6 is 0 Å². The van der Waals surface area contributed by atoms with Gasteiger partial charge in [0.25, 0.3) is 0 Å². The minimum absolute atomic E-state index is 0.260. The number of fused-ring (bicyclic) bond motifs is 1. The second-order valence-electron chi connectivity index (χ2n) is 4.81. The molecule has 18 heavy (non-hydrogen) atoms. The van der Waals surface area contributed by atoms with E-state index in [1.165, 1.54) is 0 Å². The van der Waals surface area contributed by atoms with Crippen molar-refractivity contribution < 1.29 is 19.8 Å². The van der Waals surface area contributed by atoms with Gasteiger partial charge in [0, 0.05) is 11.0 Å². The van der Waals surface area contributed by atoms with Crippen molar-refractivity contribution in [1.29, 1.82) is 0 Å². The molecule has 2 aliphatic carbocycles. The van der Waals surface area contributed by atoms with Crippen molar-refractivity contribution in [3.63, 3.8) is 0 Å².